The Morgan fingerprint density at radius 3 is 2.86 bits per heavy atom. The molecule has 0 radical (unpaired) electrons. The molecule has 0 aromatic heterocycles. The van der Waals surface area contributed by atoms with E-state index in [1.54, 1.807) is 6.07 Å². The van der Waals surface area contributed by atoms with E-state index in [1.807, 2.05) is 6.07 Å². The lowest BCUT2D eigenvalue weighted by atomic mass is 10.1. The first kappa shape index (κ1) is 16.7. The summed E-state index contributed by atoms with van der Waals surface area (Å²) >= 11 is 0. The molecule has 0 spiro atoms. The SMILES string of the molecule is CS(=O)(=O)C1CCN(C(=O)NCCCc2cccc(F)c2)C1. The van der Waals surface area contributed by atoms with Gasteiger partial charge in [-0.25, -0.2) is 17.6 Å². The second kappa shape index (κ2) is 7.09. The van der Waals surface area contributed by atoms with E-state index in [9.17, 15) is 17.6 Å². The van der Waals surface area contributed by atoms with Crippen molar-refractivity contribution in [3.05, 3.63) is 35.6 Å². The highest BCUT2D eigenvalue weighted by atomic mass is 32.2. The Morgan fingerprint density at radius 1 is 1.45 bits per heavy atom. The molecule has 1 aliphatic rings. The third-order valence-corrected chi connectivity index (χ3v) is 5.44. The zero-order valence-corrected chi connectivity index (χ0v) is 13.4. The number of urea groups is 1. The summed E-state index contributed by atoms with van der Waals surface area (Å²) in [7, 11) is -3.09. The molecule has 5 nitrogen and oxygen atoms in total. The molecule has 7 heteroatoms. The van der Waals surface area contributed by atoms with Crippen molar-refractivity contribution in [1.82, 2.24) is 10.2 Å². The summed E-state index contributed by atoms with van der Waals surface area (Å²) in [5, 5.41) is 2.33. The maximum atomic E-state index is 13.0. The number of carbonyl (C=O) groups is 1. The van der Waals surface area contributed by atoms with Crippen LogP contribution in [-0.2, 0) is 16.3 Å². The molecule has 0 saturated carbocycles. The maximum absolute atomic E-state index is 13.0. The molecule has 1 aromatic carbocycles. The van der Waals surface area contributed by atoms with Crippen molar-refractivity contribution in [3.8, 4) is 0 Å². The molecule has 122 valence electrons. The van der Waals surface area contributed by atoms with Gasteiger partial charge in [-0.3, -0.25) is 0 Å². The van der Waals surface area contributed by atoms with Crippen molar-refractivity contribution < 1.29 is 17.6 Å². The number of halogens is 1. The topological polar surface area (TPSA) is 66.5 Å². The van der Waals surface area contributed by atoms with Crippen molar-refractivity contribution in [1.29, 1.82) is 0 Å². The average molecular weight is 328 g/mol. The van der Waals surface area contributed by atoms with Crippen LogP contribution < -0.4 is 5.32 Å². The largest absolute Gasteiger partial charge is 0.338 e. The lowest BCUT2D eigenvalue weighted by Gasteiger charge is -2.17. The quantitative estimate of drug-likeness (QED) is 0.835. The monoisotopic (exact) mass is 328 g/mol. The molecule has 1 unspecified atom stereocenters. The Balaban J connectivity index is 1.70. The first-order valence-corrected chi connectivity index (χ1v) is 9.28. The average Bonchev–Trinajstić information content (AvgIpc) is 2.93. The number of hydrogen-bond acceptors (Lipinski definition) is 3. The first-order chi connectivity index (χ1) is 10.4. The van der Waals surface area contributed by atoms with E-state index < -0.39 is 15.1 Å². The van der Waals surface area contributed by atoms with Crippen LogP contribution in [0.25, 0.3) is 0 Å². The van der Waals surface area contributed by atoms with E-state index in [4.69, 9.17) is 0 Å². The molecule has 1 saturated heterocycles. The summed E-state index contributed by atoms with van der Waals surface area (Å²) in [5.41, 5.74) is 0.896. The van der Waals surface area contributed by atoms with Gasteiger partial charge in [0.25, 0.3) is 0 Å². The number of amides is 2. The second-order valence-corrected chi connectivity index (χ2v) is 7.98. The van der Waals surface area contributed by atoms with Gasteiger partial charge in [0.05, 0.1) is 5.25 Å². The first-order valence-electron chi connectivity index (χ1n) is 7.32. The maximum Gasteiger partial charge on any atom is 0.317 e. The lowest BCUT2D eigenvalue weighted by Crippen LogP contribution is -2.40. The van der Waals surface area contributed by atoms with Crippen LogP contribution in [0.5, 0.6) is 0 Å². The van der Waals surface area contributed by atoms with E-state index in [-0.39, 0.29) is 18.4 Å². The molecule has 0 aliphatic carbocycles. The molecule has 1 heterocycles. The van der Waals surface area contributed by atoms with Gasteiger partial charge in [-0.05, 0) is 37.0 Å². The number of benzene rings is 1. The molecule has 22 heavy (non-hydrogen) atoms. The molecule has 1 aliphatic heterocycles. The third kappa shape index (κ3) is 4.69. The normalized spacial score (nSPS) is 18.5. The minimum atomic E-state index is -3.09. The van der Waals surface area contributed by atoms with Crippen molar-refractivity contribution in [2.75, 3.05) is 25.9 Å². The number of carbonyl (C=O) groups excluding carboxylic acids is 1. The van der Waals surface area contributed by atoms with Gasteiger partial charge in [0, 0.05) is 25.9 Å². The van der Waals surface area contributed by atoms with Crippen LogP contribution in [0.3, 0.4) is 0 Å². The van der Waals surface area contributed by atoms with Crippen molar-refractivity contribution in [2.45, 2.75) is 24.5 Å². The minimum absolute atomic E-state index is 0.231. The van der Waals surface area contributed by atoms with Crippen LogP contribution in [0.2, 0.25) is 0 Å². The predicted octanol–water partition coefficient (Wildman–Crippen LogP) is 1.59. The number of hydrogen-bond donors (Lipinski definition) is 1. The summed E-state index contributed by atoms with van der Waals surface area (Å²) in [6.07, 6.45) is 3.09. The van der Waals surface area contributed by atoms with Gasteiger partial charge >= 0.3 is 6.03 Å². The van der Waals surface area contributed by atoms with Crippen molar-refractivity contribution in [2.24, 2.45) is 0 Å². The fraction of sp³-hybridized carbons (Fsp3) is 0.533. The second-order valence-electron chi connectivity index (χ2n) is 5.65. The Bertz CT molecular complexity index is 633. The van der Waals surface area contributed by atoms with E-state index in [2.05, 4.69) is 5.32 Å². The van der Waals surface area contributed by atoms with Gasteiger partial charge in [0.1, 0.15) is 5.82 Å². The van der Waals surface area contributed by atoms with E-state index in [0.29, 0.717) is 32.4 Å². The molecule has 0 bridgehead atoms. The van der Waals surface area contributed by atoms with Crippen LogP contribution >= 0.6 is 0 Å². The summed E-state index contributed by atoms with van der Waals surface area (Å²) in [5.74, 6) is -0.259. The number of nitrogens with zero attached hydrogens (tertiary/aromatic N) is 1. The van der Waals surface area contributed by atoms with Crippen molar-refractivity contribution >= 4 is 15.9 Å². The van der Waals surface area contributed by atoms with Gasteiger partial charge in [-0.1, -0.05) is 12.1 Å². The summed E-state index contributed by atoms with van der Waals surface area (Å²) < 4.78 is 35.9. The van der Waals surface area contributed by atoms with E-state index in [1.165, 1.54) is 23.3 Å². The summed E-state index contributed by atoms with van der Waals surface area (Å²) in [6, 6.07) is 6.17. The lowest BCUT2D eigenvalue weighted by molar-refractivity contribution is 0.209. The van der Waals surface area contributed by atoms with E-state index in [0.717, 1.165) is 5.56 Å². The highest BCUT2D eigenvalue weighted by Gasteiger charge is 2.32. The smallest absolute Gasteiger partial charge is 0.317 e. The van der Waals surface area contributed by atoms with Crippen LogP contribution in [0.1, 0.15) is 18.4 Å². The Kier molecular flexibility index (Phi) is 5.39. The molecular weight excluding hydrogens is 307 g/mol. The molecule has 2 amide bonds. The van der Waals surface area contributed by atoms with Gasteiger partial charge in [0.2, 0.25) is 0 Å². The van der Waals surface area contributed by atoms with Gasteiger partial charge in [-0.2, -0.15) is 0 Å². The third-order valence-electron chi connectivity index (χ3n) is 3.85. The number of likely N-dealkylation sites (tertiary alicyclic amines) is 1. The van der Waals surface area contributed by atoms with Crippen LogP contribution in [-0.4, -0.2) is 50.5 Å². The fourth-order valence-corrected chi connectivity index (χ4v) is 3.54. The zero-order chi connectivity index (χ0) is 16.2. The Morgan fingerprint density at radius 2 is 2.23 bits per heavy atom. The molecule has 1 aromatic rings. The highest BCUT2D eigenvalue weighted by Crippen LogP contribution is 2.16. The predicted molar refractivity (Wildman–Crippen MR) is 82.9 cm³/mol. The van der Waals surface area contributed by atoms with Crippen LogP contribution in [0, 0.1) is 5.82 Å². The van der Waals surface area contributed by atoms with E-state index >= 15 is 0 Å². The number of nitrogens with one attached hydrogen (secondary N) is 1. The molecule has 1 N–H and O–H groups in total. The van der Waals surface area contributed by atoms with Crippen LogP contribution in [0.4, 0.5) is 9.18 Å². The van der Waals surface area contributed by atoms with Crippen LogP contribution in [0.15, 0.2) is 24.3 Å². The number of aryl methyl sites for hydroxylation is 1. The Hall–Kier alpha value is -1.63. The molecule has 1 fully saturated rings. The molecule has 1 atom stereocenters. The fourth-order valence-electron chi connectivity index (χ4n) is 2.55. The molecule has 2 rings (SSSR count). The molecular formula is C15H21FN2O3S. The van der Waals surface area contributed by atoms with Gasteiger partial charge < -0.3 is 10.2 Å². The summed E-state index contributed by atoms with van der Waals surface area (Å²) in [4.78, 5) is 13.5. The standard InChI is InChI=1S/C15H21FN2O3S/c1-22(20,21)14-7-9-18(11-14)15(19)17-8-3-5-12-4-2-6-13(16)10-12/h2,4,6,10,14H,3,5,7-9,11H2,1H3,(H,17,19). The minimum Gasteiger partial charge on any atom is -0.338 e. The number of rotatable bonds is 5. The zero-order valence-electron chi connectivity index (χ0n) is 12.6. The van der Waals surface area contributed by atoms with Gasteiger partial charge in [0.15, 0.2) is 9.84 Å². The summed E-state index contributed by atoms with van der Waals surface area (Å²) in [6.45, 7) is 1.21. The number of sulfone groups is 1. The highest BCUT2D eigenvalue weighted by molar-refractivity contribution is 7.91. The Labute approximate surface area is 130 Å². The van der Waals surface area contributed by atoms with Crippen molar-refractivity contribution in [3.63, 3.8) is 0 Å². The van der Waals surface area contributed by atoms with Gasteiger partial charge in [-0.15, -0.1) is 0 Å².